The lowest BCUT2D eigenvalue weighted by atomic mass is 10.2. The predicted molar refractivity (Wildman–Crippen MR) is 109 cm³/mol. The summed E-state index contributed by atoms with van der Waals surface area (Å²) in [5.74, 6) is 0.110. The first-order chi connectivity index (χ1) is 13.2. The van der Waals surface area contributed by atoms with Crippen molar-refractivity contribution >= 4 is 34.3 Å². The Morgan fingerprint density at radius 2 is 1.78 bits per heavy atom. The third-order valence-electron chi connectivity index (χ3n) is 4.86. The summed E-state index contributed by atoms with van der Waals surface area (Å²) in [6.07, 6.45) is 4.23. The van der Waals surface area contributed by atoms with Crippen LogP contribution in [0.15, 0.2) is 64.5 Å². The lowest BCUT2D eigenvalue weighted by Crippen LogP contribution is -2.27. The molecular weight excluding hydrogens is 358 g/mol. The van der Waals surface area contributed by atoms with Crippen molar-refractivity contribution in [3.05, 3.63) is 65.0 Å². The van der Waals surface area contributed by atoms with Crippen LogP contribution in [-0.2, 0) is 4.79 Å². The first kappa shape index (κ1) is 17.8. The molecule has 0 aliphatic heterocycles. The van der Waals surface area contributed by atoms with Crippen LogP contribution < -0.4 is 10.9 Å². The van der Waals surface area contributed by atoms with Gasteiger partial charge in [-0.05, 0) is 37.1 Å². The minimum atomic E-state index is -0.105. The van der Waals surface area contributed by atoms with Crippen molar-refractivity contribution in [1.29, 1.82) is 0 Å². The number of fused-ring (bicyclic) bond motifs is 1. The first-order valence-electron chi connectivity index (χ1n) is 9.21. The van der Waals surface area contributed by atoms with Gasteiger partial charge in [0.25, 0.3) is 5.56 Å². The van der Waals surface area contributed by atoms with Crippen molar-refractivity contribution in [2.24, 2.45) is 0 Å². The number of para-hydroxylation sites is 2. The van der Waals surface area contributed by atoms with Crippen LogP contribution in [0, 0.1) is 0 Å². The number of aromatic nitrogens is 2. The molecule has 0 spiro atoms. The number of nitrogens with one attached hydrogen (secondary N) is 1. The summed E-state index contributed by atoms with van der Waals surface area (Å²) in [6, 6.07) is 17.0. The van der Waals surface area contributed by atoms with E-state index in [4.69, 9.17) is 4.98 Å². The second-order valence-corrected chi connectivity index (χ2v) is 7.67. The maximum absolute atomic E-state index is 13.1. The molecule has 4 rings (SSSR count). The molecule has 1 fully saturated rings. The van der Waals surface area contributed by atoms with E-state index in [1.54, 1.807) is 0 Å². The fourth-order valence-corrected chi connectivity index (χ4v) is 4.43. The number of rotatable bonds is 5. The Hall–Kier alpha value is -2.60. The van der Waals surface area contributed by atoms with E-state index >= 15 is 0 Å². The number of amides is 1. The molecule has 1 aliphatic rings. The van der Waals surface area contributed by atoms with Crippen LogP contribution in [0.4, 0.5) is 5.69 Å². The molecule has 1 aliphatic carbocycles. The zero-order valence-electron chi connectivity index (χ0n) is 14.9. The van der Waals surface area contributed by atoms with Gasteiger partial charge < -0.3 is 5.32 Å². The molecular formula is C21H21N3O2S. The molecule has 1 heterocycles. The smallest absolute Gasteiger partial charge is 0.262 e. The minimum absolute atomic E-state index is 0.00142. The first-order valence-corrected chi connectivity index (χ1v) is 10.2. The largest absolute Gasteiger partial charge is 0.325 e. The summed E-state index contributed by atoms with van der Waals surface area (Å²) in [5.41, 5.74) is 1.45. The molecule has 0 atom stereocenters. The Balaban J connectivity index is 1.61. The number of hydrogen-bond acceptors (Lipinski definition) is 4. The summed E-state index contributed by atoms with van der Waals surface area (Å²) in [7, 11) is 0. The molecule has 27 heavy (non-hydrogen) atoms. The normalized spacial score (nSPS) is 14.5. The van der Waals surface area contributed by atoms with Crippen molar-refractivity contribution in [3.8, 4) is 0 Å². The molecule has 0 saturated heterocycles. The summed E-state index contributed by atoms with van der Waals surface area (Å²) in [4.78, 5) is 30.1. The van der Waals surface area contributed by atoms with Gasteiger partial charge in [0, 0.05) is 11.7 Å². The van der Waals surface area contributed by atoms with Crippen molar-refractivity contribution in [3.63, 3.8) is 0 Å². The van der Waals surface area contributed by atoms with Crippen molar-refractivity contribution in [2.45, 2.75) is 36.9 Å². The van der Waals surface area contributed by atoms with Crippen LogP contribution in [0.1, 0.15) is 31.7 Å². The van der Waals surface area contributed by atoms with E-state index in [9.17, 15) is 9.59 Å². The lowest BCUT2D eigenvalue weighted by molar-refractivity contribution is -0.113. The van der Waals surface area contributed by atoms with Gasteiger partial charge in [0.2, 0.25) is 5.91 Å². The summed E-state index contributed by atoms with van der Waals surface area (Å²) >= 11 is 1.33. The molecule has 1 aromatic heterocycles. The summed E-state index contributed by atoms with van der Waals surface area (Å²) in [6.45, 7) is 0. The Labute approximate surface area is 161 Å². The van der Waals surface area contributed by atoms with Gasteiger partial charge in [-0.25, -0.2) is 4.98 Å². The SMILES string of the molecule is O=C(CSc1nc2ccccc2c(=O)n1C1CCCC1)Nc1ccccc1. The number of benzene rings is 2. The third kappa shape index (κ3) is 3.90. The molecule has 6 heteroatoms. The van der Waals surface area contributed by atoms with Gasteiger partial charge in [0.05, 0.1) is 16.7 Å². The average molecular weight is 379 g/mol. The van der Waals surface area contributed by atoms with Gasteiger partial charge in [0.1, 0.15) is 0 Å². The molecule has 3 aromatic rings. The highest BCUT2D eigenvalue weighted by Gasteiger charge is 2.23. The van der Waals surface area contributed by atoms with Crippen LogP contribution in [0.5, 0.6) is 0 Å². The highest BCUT2D eigenvalue weighted by molar-refractivity contribution is 7.99. The van der Waals surface area contributed by atoms with Crippen LogP contribution in [-0.4, -0.2) is 21.2 Å². The maximum Gasteiger partial charge on any atom is 0.262 e. The van der Waals surface area contributed by atoms with Gasteiger partial charge >= 0.3 is 0 Å². The number of hydrogen-bond donors (Lipinski definition) is 1. The molecule has 0 radical (unpaired) electrons. The molecule has 0 unspecified atom stereocenters. The molecule has 1 saturated carbocycles. The summed E-state index contributed by atoms with van der Waals surface area (Å²) in [5, 5.41) is 4.15. The van der Waals surface area contributed by atoms with E-state index in [0.29, 0.717) is 16.1 Å². The Kier molecular flexibility index (Phi) is 5.25. The Morgan fingerprint density at radius 1 is 1.07 bits per heavy atom. The van der Waals surface area contributed by atoms with E-state index in [-0.39, 0.29) is 23.3 Å². The maximum atomic E-state index is 13.1. The van der Waals surface area contributed by atoms with Crippen molar-refractivity contribution in [1.82, 2.24) is 9.55 Å². The number of carbonyl (C=O) groups is 1. The lowest BCUT2D eigenvalue weighted by Gasteiger charge is -2.18. The summed E-state index contributed by atoms with van der Waals surface area (Å²) < 4.78 is 1.82. The van der Waals surface area contributed by atoms with E-state index < -0.39 is 0 Å². The standard InChI is InChI=1S/C21H21N3O2S/c25-19(22-15-8-2-1-3-9-15)14-27-21-23-18-13-7-6-12-17(18)20(26)24(21)16-10-4-5-11-16/h1-3,6-9,12-13,16H,4-5,10-11,14H2,(H,22,25). The number of carbonyl (C=O) groups excluding carboxylic acids is 1. The Morgan fingerprint density at radius 3 is 2.56 bits per heavy atom. The van der Waals surface area contributed by atoms with Crippen molar-refractivity contribution in [2.75, 3.05) is 11.1 Å². The van der Waals surface area contributed by atoms with Gasteiger partial charge in [0.15, 0.2) is 5.16 Å². The van der Waals surface area contributed by atoms with Crippen LogP contribution in [0.2, 0.25) is 0 Å². The van der Waals surface area contributed by atoms with Gasteiger partial charge in [-0.3, -0.25) is 14.2 Å². The number of nitrogens with zero attached hydrogens (tertiary/aromatic N) is 2. The molecule has 2 aromatic carbocycles. The molecule has 138 valence electrons. The topological polar surface area (TPSA) is 64.0 Å². The van der Waals surface area contributed by atoms with E-state index in [2.05, 4.69) is 5.32 Å². The van der Waals surface area contributed by atoms with E-state index in [1.165, 1.54) is 11.8 Å². The van der Waals surface area contributed by atoms with Crippen LogP contribution >= 0.6 is 11.8 Å². The molecule has 0 bridgehead atoms. The number of anilines is 1. The highest BCUT2D eigenvalue weighted by atomic mass is 32.2. The molecule has 1 amide bonds. The second kappa shape index (κ2) is 7.96. The monoisotopic (exact) mass is 379 g/mol. The van der Waals surface area contributed by atoms with Gasteiger partial charge in [-0.2, -0.15) is 0 Å². The fourth-order valence-electron chi connectivity index (χ4n) is 3.56. The second-order valence-electron chi connectivity index (χ2n) is 6.73. The zero-order chi connectivity index (χ0) is 18.6. The van der Waals surface area contributed by atoms with Gasteiger partial charge in [-0.1, -0.05) is 54.9 Å². The molecule has 5 nitrogen and oxygen atoms in total. The highest BCUT2D eigenvalue weighted by Crippen LogP contribution is 2.32. The zero-order valence-corrected chi connectivity index (χ0v) is 15.7. The van der Waals surface area contributed by atoms with Crippen LogP contribution in [0.3, 0.4) is 0 Å². The fraction of sp³-hybridized carbons (Fsp3) is 0.286. The predicted octanol–water partition coefficient (Wildman–Crippen LogP) is 4.24. The quantitative estimate of drug-likeness (QED) is 0.532. The average Bonchev–Trinajstić information content (AvgIpc) is 3.21. The van der Waals surface area contributed by atoms with Crippen LogP contribution in [0.25, 0.3) is 10.9 Å². The molecule has 1 N–H and O–H groups in total. The van der Waals surface area contributed by atoms with Crippen molar-refractivity contribution < 1.29 is 4.79 Å². The minimum Gasteiger partial charge on any atom is -0.325 e. The number of thioether (sulfide) groups is 1. The third-order valence-corrected chi connectivity index (χ3v) is 5.81. The van der Waals surface area contributed by atoms with E-state index in [0.717, 1.165) is 31.4 Å². The van der Waals surface area contributed by atoms with E-state index in [1.807, 2.05) is 59.2 Å². The Bertz CT molecular complexity index is 1010. The van der Waals surface area contributed by atoms with Gasteiger partial charge in [-0.15, -0.1) is 0 Å².